The molecule has 0 saturated carbocycles. The van der Waals surface area contributed by atoms with Gasteiger partial charge in [-0.25, -0.2) is 14.4 Å². The number of methoxy groups -OCH3 is 3. The Bertz CT molecular complexity index is 1180. The van der Waals surface area contributed by atoms with E-state index in [1.54, 1.807) is 32.0 Å². The number of nitrogens with zero attached hydrogens (tertiary/aromatic N) is 4. The Balaban J connectivity index is 2.31. The first-order chi connectivity index (χ1) is 19.1. The van der Waals surface area contributed by atoms with Gasteiger partial charge < -0.3 is 34.2 Å². The zero-order chi connectivity index (χ0) is 29.5. The second-order valence-electron chi connectivity index (χ2n) is 7.94. The van der Waals surface area contributed by atoms with Crippen LogP contribution in [0.1, 0.15) is 13.8 Å². The number of benzene rings is 1. The number of nitrogens with two attached hydrogens (primary N) is 1. The van der Waals surface area contributed by atoms with Gasteiger partial charge >= 0.3 is 18.3 Å². The van der Waals surface area contributed by atoms with Gasteiger partial charge in [0.05, 0.1) is 18.9 Å². The topological polar surface area (TPSA) is 219 Å². The van der Waals surface area contributed by atoms with Crippen LogP contribution in [0, 0.1) is 0 Å². The van der Waals surface area contributed by atoms with Crippen molar-refractivity contribution < 1.29 is 42.8 Å². The predicted octanol–water partition coefficient (Wildman–Crippen LogP) is 3.79. The monoisotopic (exact) mass is 564 g/mol. The van der Waals surface area contributed by atoms with E-state index in [0.717, 1.165) is 0 Å². The van der Waals surface area contributed by atoms with Gasteiger partial charge in [-0.1, -0.05) is 6.07 Å². The Morgan fingerprint density at radius 1 is 0.875 bits per heavy atom. The highest BCUT2D eigenvalue weighted by molar-refractivity contribution is 5.91. The van der Waals surface area contributed by atoms with Gasteiger partial charge in [0.15, 0.2) is 24.1 Å². The summed E-state index contributed by atoms with van der Waals surface area (Å²) >= 11 is 0. The molecule has 2 aromatic rings. The molecule has 0 saturated heterocycles. The maximum atomic E-state index is 12.5. The zero-order valence-corrected chi connectivity index (χ0v) is 22.6. The van der Waals surface area contributed by atoms with Crippen molar-refractivity contribution in [3.63, 3.8) is 0 Å². The summed E-state index contributed by atoms with van der Waals surface area (Å²) in [5, 5.41) is 15.4. The highest BCUT2D eigenvalue weighted by Crippen LogP contribution is 2.32. The van der Waals surface area contributed by atoms with Crippen LogP contribution in [0.5, 0.6) is 0 Å². The van der Waals surface area contributed by atoms with Gasteiger partial charge in [0.25, 0.3) is 0 Å². The van der Waals surface area contributed by atoms with Crippen molar-refractivity contribution in [2.75, 3.05) is 63.0 Å². The molecule has 40 heavy (non-hydrogen) atoms. The first-order valence-electron chi connectivity index (χ1n) is 11.7. The van der Waals surface area contributed by atoms with Crippen molar-refractivity contribution in [1.29, 1.82) is 0 Å². The molecule has 0 fully saturated rings. The Morgan fingerprint density at radius 2 is 1.52 bits per heavy atom. The molecule has 0 aliphatic rings. The van der Waals surface area contributed by atoms with Gasteiger partial charge in [0.1, 0.15) is 12.2 Å². The molecule has 1 heterocycles. The van der Waals surface area contributed by atoms with E-state index in [1.807, 2.05) is 0 Å². The maximum Gasteiger partial charge on any atom is 0.414 e. The van der Waals surface area contributed by atoms with Gasteiger partial charge in [0, 0.05) is 27.0 Å². The standard InChI is InChI=1S/C23H32N8O9/c1-13(10-35-3)39-22(33)28-19-17(18(24)26-20(27-19)29-23(34)40-14(2)11-36-4)31-30-16-8-6-7-15(9-16)25-21(32)38-12-37-5/h6-9,13-14H,10-12H2,1-5H3,(H,25,32)(H4,24,26,27,28,29,33,34). The van der Waals surface area contributed by atoms with E-state index in [9.17, 15) is 14.4 Å². The molecule has 0 bridgehead atoms. The first-order valence-corrected chi connectivity index (χ1v) is 11.7. The lowest BCUT2D eigenvalue weighted by molar-refractivity contribution is 0.0183. The summed E-state index contributed by atoms with van der Waals surface area (Å²) in [5.41, 5.74) is 6.58. The third-order valence-electron chi connectivity index (χ3n) is 4.43. The number of anilines is 4. The number of hydrogen-bond donors (Lipinski definition) is 4. The molecule has 2 rings (SSSR count). The minimum atomic E-state index is -0.901. The molecule has 0 spiro atoms. The molecule has 2 unspecified atom stereocenters. The number of carbonyl (C=O) groups excluding carboxylic acids is 3. The first kappa shape index (κ1) is 31.6. The molecule has 1 aromatic carbocycles. The number of amides is 3. The molecular formula is C23H32N8O9. The minimum absolute atomic E-state index is 0.138. The van der Waals surface area contributed by atoms with Gasteiger partial charge in [-0.3, -0.25) is 16.0 Å². The maximum absolute atomic E-state index is 12.5. The number of nitrogens with one attached hydrogen (secondary N) is 3. The summed E-state index contributed by atoms with van der Waals surface area (Å²) in [5.74, 6) is -0.743. The molecule has 1 aromatic heterocycles. The van der Waals surface area contributed by atoms with Crippen LogP contribution in [0.3, 0.4) is 0 Å². The molecule has 5 N–H and O–H groups in total. The van der Waals surface area contributed by atoms with Crippen LogP contribution < -0.4 is 21.7 Å². The van der Waals surface area contributed by atoms with Crippen LogP contribution in [0.2, 0.25) is 0 Å². The Morgan fingerprint density at radius 3 is 2.15 bits per heavy atom. The normalized spacial score (nSPS) is 12.3. The Kier molecular flexibility index (Phi) is 12.9. The molecule has 0 radical (unpaired) electrons. The Hall–Kier alpha value is -4.61. The molecule has 218 valence electrons. The fourth-order valence-electron chi connectivity index (χ4n) is 2.88. The van der Waals surface area contributed by atoms with E-state index in [0.29, 0.717) is 11.4 Å². The Labute approximate surface area is 229 Å². The van der Waals surface area contributed by atoms with E-state index >= 15 is 0 Å². The molecule has 17 heteroatoms. The second kappa shape index (κ2) is 16.4. The van der Waals surface area contributed by atoms with Gasteiger partial charge in [0.2, 0.25) is 5.95 Å². The van der Waals surface area contributed by atoms with Crippen LogP contribution in [0.25, 0.3) is 0 Å². The summed E-state index contributed by atoms with van der Waals surface area (Å²) in [6.07, 6.45) is -3.66. The molecule has 3 amide bonds. The van der Waals surface area contributed by atoms with E-state index < -0.39 is 30.5 Å². The van der Waals surface area contributed by atoms with Crippen molar-refractivity contribution in [3.8, 4) is 0 Å². The number of azo groups is 1. The van der Waals surface area contributed by atoms with Gasteiger partial charge in [-0.2, -0.15) is 15.1 Å². The molecular weight excluding hydrogens is 532 g/mol. The van der Waals surface area contributed by atoms with E-state index in [2.05, 4.69) is 40.9 Å². The third kappa shape index (κ3) is 11.0. The number of aromatic nitrogens is 2. The van der Waals surface area contributed by atoms with Crippen molar-refractivity contribution >= 4 is 52.9 Å². The van der Waals surface area contributed by atoms with Gasteiger partial charge in [-0.15, -0.1) is 5.11 Å². The molecule has 0 aliphatic carbocycles. The smallest absolute Gasteiger partial charge is 0.414 e. The van der Waals surface area contributed by atoms with Crippen LogP contribution in [0.15, 0.2) is 34.5 Å². The van der Waals surface area contributed by atoms with Crippen molar-refractivity contribution in [2.24, 2.45) is 10.2 Å². The van der Waals surface area contributed by atoms with Crippen LogP contribution >= 0.6 is 0 Å². The number of rotatable bonds is 13. The van der Waals surface area contributed by atoms with Crippen molar-refractivity contribution in [3.05, 3.63) is 24.3 Å². The van der Waals surface area contributed by atoms with Crippen molar-refractivity contribution in [1.82, 2.24) is 9.97 Å². The molecule has 0 aliphatic heterocycles. The summed E-state index contributed by atoms with van der Waals surface area (Å²) in [4.78, 5) is 44.5. The van der Waals surface area contributed by atoms with Gasteiger partial charge in [-0.05, 0) is 32.0 Å². The second-order valence-corrected chi connectivity index (χ2v) is 7.94. The lowest BCUT2D eigenvalue weighted by atomic mass is 10.3. The van der Waals surface area contributed by atoms with Crippen LogP contribution in [0.4, 0.5) is 49.0 Å². The lowest BCUT2D eigenvalue weighted by Gasteiger charge is -2.15. The number of hydrogen-bond acceptors (Lipinski definition) is 14. The minimum Gasteiger partial charge on any atom is -0.444 e. The summed E-state index contributed by atoms with van der Waals surface area (Å²) < 4.78 is 29.7. The molecule has 17 nitrogen and oxygen atoms in total. The fourth-order valence-corrected chi connectivity index (χ4v) is 2.88. The number of carbonyl (C=O) groups is 3. The molecule has 2 atom stereocenters. The summed E-state index contributed by atoms with van der Waals surface area (Å²) in [6, 6.07) is 6.29. The number of nitrogen functional groups attached to an aromatic ring is 1. The highest BCUT2D eigenvalue weighted by atomic mass is 16.7. The predicted molar refractivity (Wildman–Crippen MR) is 142 cm³/mol. The van der Waals surface area contributed by atoms with E-state index in [1.165, 1.54) is 27.4 Å². The lowest BCUT2D eigenvalue weighted by Crippen LogP contribution is -2.26. The van der Waals surface area contributed by atoms with Crippen LogP contribution in [-0.4, -0.2) is 81.8 Å². The number of ether oxygens (including phenoxy) is 6. The largest absolute Gasteiger partial charge is 0.444 e. The highest BCUT2D eigenvalue weighted by Gasteiger charge is 2.19. The van der Waals surface area contributed by atoms with Crippen molar-refractivity contribution in [2.45, 2.75) is 26.1 Å². The van der Waals surface area contributed by atoms with E-state index in [-0.39, 0.29) is 43.3 Å². The van der Waals surface area contributed by atoms with E-state index in [4.69, 9.17) is 29.4 Å². The third-order valence-corrected chi connectivity index (χ3v) is 4.43. The fraction of sp³-hybridized carbons (Fsp3) is 0.435. The SMILES string of the molecule is COCOC(=O)Nc1cccc(N=Nc2c(N)nc(NC(=O)OC(C)COC)nc2NC(=O)OC(C)COC)c1. The summed E-state index contributed by atoms with van der Waals surface area (Å²) in [6.45, 7) is 3.34. The average Bonchev–Trinajstić information content (AvgIpc) is 2.87. The summed E-state index contributed by atoms with van der Waals surface area (Å²) in [7, 11) is 4.30. The quantitative estimate of drug-likeness (QED) is 0.155. The zero-order valence-electron chi connectivity index (χ0n) is 22.6. The van der Waals surface area contributed by atoms with Crippen LogP contribution in [-0.2, 0) is 28.4 Å². The average molecular weight is 565 g/mol.